The SMILES string of the molecule is CCCCCCCCCCCCCCCCOc1ccc(N=Cc2ccc(OC(=O)c3ccc(C(=O)Oc4ccc(C=Nc5ccc(OCCCCCCCCCCCCCCCC)cc5)cc4)cc3)cc2)cc1. The normalized spacial score (nSPS) is 11.4. The van der Waals surface area contributed by atoms with E-state index in [2.05, 4.69) is 23.8 Å². The quantitative estimate of drug-likeness (QED) is 0.0168. The maximum Gasteiger partial charge on any atom is 0.343 e. The van der Waals surface area contributed by atoms with Crippen molar-refractivity contribution in [2.24, 2.45) is 9.98 Å². The first-order valence-corrected chi connectivity index (χ1v) is 28.8. The molecule has 0 bridgehead atoms. The summed E-state index contributed by atoms with van der Waals surface area (Å²) < 4.78 is 23.1. The lowest BCUT2D eigenvalue weighted by Crippen LogP contribution is -2.11. The Balaban J connectivity index is 0.901. The maximum atomic E-state index is 12.9. The van der Waals surface area contributed by atoms with Gasteiger partial charge in [0, 0.05) is 12.4 Å². The smallest absolute Gasteiger partial charge is 0.343 e. The molecule has 5 rings (SSSR count). The van der Waals surface area contributed by atoms with E-state index in [0.29, 0.717) is 22.6 Å². The van der Waals surface area contributed by atoms with Crippen molar-refractivity contribution in [3.63, 3.8) is 0 Å². The van der Waals surface area contributed by atoms with E-state index in [4.69, 9.17) is 18.9 Å². The van der Waals surface area contributed by atoms with Crippen LogP contribution >= 0.6 is 0 Å². The summed E-state index contributed by atoms with van der Waals surface area (Å²) in [5.41, 5.74) is 4.00. The van der Waals surface area contributed by atoms with Gasteiger partial charge < -0.3 is 18.9 Å². The molecular weight excluding hydrogens is 917 g/mol. The molecule has 8 nitrogen and oxygen atoms in total. The third-order valence-electron chi connectivity index (χ3n) is 13.5. The van der Waals surface area contributed by atoms with Crippen molar-refractivity contribution in [3.05, 3.63) is 144 Å². The summed E-state index contributed by atoms with van der Waals surface area (Å²) in [5.74, 6) is 1.45. The van der Waals surface area contributed by atoms with Crippen LogP contribution < -0.4 is 18.9 Å². The number of carbonyl (C=O) groups excluding carboxylic acids is 2. The Morgan fingerprint density at radius 3 is 0.865 bits per heavy atom. The van der Waals surface area contributed by atoms with Crippen molar-refractivity contribution < 1.29 is 28.5 Å². The first-order valence-electron chi connectivity index (χ1n) is 28.8. The van der Waals surface area contributed by atoms with Crippen molar-refractivity contribution in [1.29, 1.82) is 0 Å². The molecule has 0 aliphatic heterocycles. The van der Waals surface area contributed by atoms with E-state index in [1.807, 2.05) is 72.8 Å². The topological polar surface area (TPSA) is 95.8 Å². The number of aliphatic imine (C=N–C) groups is 2. The highest BCUT2D eigenvalue weighted by molar-refractivity contribution is 5.95. The summed E-state index contributed by atoms with van der Waals surface area (Å²) in [6, 6.07) is 36.1. The zero-order valence-electron chi connectivity index (χ0n) is 45.3. The van der Waals surface area contributed by atoms with E-state index in [9.17, 15) is 9.59 Å². The van der Waals surface area contributed by atoms with Crippen LogP contribution in [0.1, 0.15) is 225 Å². The van der Waals surface area contributed by atoms with Crippen LogP contribution in [0.5, 0.6) is 23.0 Å². The first-order chi connectivity index (χ1) is 36.5. The number of hydrogen-bond donors (Lipinski definition) is 0. The van der Waals surface area contributed by atoms with E-state index in [-0.39, 0.29) is 0 Å². The molecule has 398 valence electrons. The van der Waals surface area contributed by atoms with Crippen molar-refractivity contribution in [2.75, 3.05) is 13.2 Å². The second kappa shape index (κ2) is 37.7. The summed E-state index contributed by atoms with van der Waals surface area (Å²) in [7, 11) is 0. The maximum absolute atomic E-state index is 12.9. The third kappa shape index (κ3) is 25.8. The number of carbonyl (C=O) groups is 2. The summed E-state index contributed by atoms with van der Waals surface area (Å²) in [4.78, 5) is 35.1. The van der Waals surface area contributed by atoms with E-state index in [0.717, 1.165) is 60.1 Å². The summed E-state index contributed by atoms with van der Waals surface area (Å²) in [6.45, 7) is 6.03. The fourth-order valence-corrected chi connectivity index (χ4v) is 8.85. The van der Waals surface area contributed by atoms with Gasteiger partial charge in [-0.2, -0.15) is 0 Å². The molecule has 5 aromatic rings. The minimum absolute atomic E-state index is 0.310. The summed E-state index contributed by atoms with van der Waals surface area (Å²) in [5, 5.41) is 0. The largest absolute Gasteiger partial charge is 0.494 e. The van der Waals surface area contributed by atoms with Gasteiger partial charge in [0.1, 0.15) is 23.0 Å². The van der Waals surface area contributed by atoms with Gasteiger partial charge in [-0.3, -0.25) is 9.98 Å². The lowest BCUT2D eigenvalue weighted by Gasteiger charge is -2.07. The molecule has 0 saturated heterocycles. The molecule has 0 saturated carbocycles. The van der Waals surface area contributed by atoms with E-state index < -0.39 is 11.9 Å². The molecule has 74 heavy (non-hydrogen) atoms. The average molecular weight is 1010 g/mol. The van der Waals surface area contributed by atoms with Crippen molar-refractivity contribution in [3.8, 4) is 23.0 Å². The van der Waals surface area contributed by atoms with Gasteiger partial charge in [0.15, 0.2) is 0 Å². The fourth-order valence-electron chi connectivity index (χ4n) is 8.85. The molecule has 0 spiro atoms. The van der Waals surface area contributed by atoms with E-state index in [1.165, 1.54) is 167 Å². The molecule has 5 aromatic carbocycles. The first kappa shape index (κ1) is 58.9. The number of nitrogens with zero attached hydrogens (tertiary/aromatic N) is 2. The van der Waals surface area contributed by atoms with Gasteiger partial charge >= 0.3 is 11.9 Å². The second-order valence-electron chi connectivity index (χ2n) is 19.9. The highest BCUT2D eigenvalue weighted by Crippen LogP contribution is 2.23. The molecule has 8 heteroatoms. The molecule has 0 unspecified atom stereocenters. The molecule has 0 aromatic heterocycles. The van der Waals surface area contributed by atoms with Crippen LogP contribution in [-0.4, -0.2) is 37.6 Å². The van der Waals surface area contributed by atoms with Gasteiger partial charge in [-0.05, 0) is 145 Å². The number of unbranched alkanes of at least 4 members (excludes halogenated alkanes) is 26. The number of ether oxygens (including phenoxy) is 4. The Morgan fingerprint density at radius 1 is 0.324 bits per heavy atom. The Kier molecular flexibility index (Phi) is 30.0. The Labute approximate surface area is 445 Å². The minimum atomic E-state index is -0.532. The van der Waals surface area contributed by atoms with Crippen LogP contribution in [0.4, 0.5) is 11.4 Å². The number of hydrogen-bond acceptors (Lipinski definition) is 8. The van der Waals surface area contributed by atoms with Crippen molar-refractivity contribution in [2.45, 2.75) is 194 Å². The van der Waals surface area contributed by atoms with Crippen LogP contribution in [0.25, 0.3) is 0 Å². The van der Waals surface area contributed by atoms with Crippen LogP contribution in [0.3, 0.4) is 0 Å². The zero-order chi connectivity index (χ0) is 51.9. The second-order valence-corrected chi connectivity index (χ2v) is 19.9. The Hall–Kier alpha value is -6.02. The monoisotopic (exact) mass is 1000 g/mol. The fraction of sp³-hybridized carbons (Fsp3) is 0.485. The van der Waals surface area contributed by atoms with E-state index in [1.54, 1.807) is 61.0 Å². The standard InChI is InChI=1S/C66H88N2O6/c1-3-5-7-9-11-13-15-17-19-21-23-25-27-29-51-71-61-47-39-59(40-48-61)67-53-55-31-43-63(44-32-55)73-65(69)57-35-37-58(38-36-57)66(70)74-64-45-33-56(34-46-64)54-68-60-41-49-62(50-42-60)72-52-30-28-26-24-22-20-18-16-14-12-10-8-6-4-2/h31-50,53-54H,3-30,51-52H2,1-2H3. The Morgan fingerprint density at radius 2 is 0.581 bits per heavy atom. The minimum Gasteiger partial charge on any atom is -0.494 e. The number of esters is 2. The highest BCUT2D eigenvalue weighted by Gasteiger charge is 2.13. The van der Waals surface area contributed by atoms with Crippen molar-refractivity contribution >= 4 is 35.7 Å². The Bertz CT molecular complexity index is 2120. The van der Waals surface area contributed by atoms with Gasteiger partial charge in [-0.25, -0.2) is 9.59 Å². The lowest BCUT2D eigenvalue weighted by molar-refractivity contribution is 0.0720. The number of rotatable bonds is 40. The summed E-state index contributed by atoms with van der Waals surface area (Å²) >= 11 is 0. The average Bonchev–Trinajstić information content (AvgIpc) is 3.43. The molecule has 0 aliphatic carbocycles. The molecule has 0 atom stereocenters. The van der Waals surface area contributed by atoms with Gasteiger partial charge in [0.25, 0.3) is 0 Å². The molecule has 0 heterocycles. The van der Waals surface area contributed by atoms with Gasteiger partial charge in [0.2, 0.25) is 0 Å². The van der Waals surface area contributed by atoms with Gasteiger partial charge in [-0.1, -0.05) is 181 Å². The van der Waals surface area contributed by atoms with Crippen LogP contribution in [0, 0.1) is 0 Å². The zero-order valence-corrected chi connectivity index (χ0v) is 45.3. The van der Waals surface area contributed by atoms with Crippen LogP contribution in [0.2, 0.25) is 0 Å². The molecule has 0 N–H and O–H groups in total. The van der Waals surface area contributed by atoms with Crippen molar-refractivity contribution in [1.82, 2.24) is 0 Å². The van der Waals surface area contributed by atoms with Crippen LogP contribution in [0.15, 0.2) is 131 Å². The van der Waals surface area contributed by atoms with Gasteiger partial charge in [-0.15, -0.1) is 0 Å². The van der Waals surface area contributed by atoms with Gasteiger partial charge in [0.05, 0.1) is 35.7 Å². The van der Waals surface area contributed by atoms with Crippen LogP contribution in [-0.2, 0) is 0 Å². The molecule has 0 radical (unpaired) electrons. The molecule has 0 aliphatic rings. The molecular formula is C66H88N2O6. The molecule has 0 amide bonds. The third-order valence-corrected chi connectivity index (χ3v) is 13.5. The lowest BCUT2D eigenvalue weighted by atomic mass is 10.0. The summed E-state index contributed by atoms with van der Waals surface area (Å²) in [6.07, 6.45) is 41.2. The van der Waals surface area contributed by atoms with E-state index >= 15 is 0 Å². The highest BCUT2D eigenvalue weighted by atomic mass is 16.5. The number of benzene rings is 5. The predicted molar refractivity (Wildman–Crippen MR) is 308 cm³/mol. The molecule has 0 fully saturated rings. The predicted octanol–water partition coefficient (Wildman–Crippen LogP) is 19.3.